The molecule has 2 aromatic heterocycles. The molecule has 102 valence electrons. The zero-order valence-corrected chi connectivity index (χ0v) is 10.4. The van der Waals surface area contributed by atoms with Crippen molar-refractivity contribution in [1.29, 1.82) is 0 Å². The van der Waals surface area contributed by atoms with E-state index in [-0.39, 0.29) is 16.4 Å². The van der Waals surface area contributed by atoms with Crippen LogP contribution in [-0.2, 0) is 11.0 Å². The van der Waals surface area contributed by atoms with Crippen LogP contribution in [0.3, 0.4) is 0 Å². The summed E-state index contributed by atoms with van der Waals surface area (Å²) in [5.74, 6) is -2.78. The molecular weight excluding hydrogens is 283 g/mol. The number of H-pyrrole nitrogens is 1. The molecule has 0 saturated carbocycles. The highest BCUT2D eigenvalue weighted by molar-refractivity contribution is 8.00. The second-order valence-corrected chi connectivity index (χ2v) is 4.71. The lowest BCUT2D eigenvalue weighted by Crippen LogP contribution is -2.12. The van der Waals surface area contributed by atoms with Crippen LogP contribution in [0.4, 0.5) is 13.2 Å². The zero-order chi connectivity index (χ0) is 14.2. The van der Waals surface area contributed by atoms with Gasteiger partial charge < -0.3 is 10.1 Å². The highest BCUT2D eigenvalue weighted by Crippen LogP contribution is 2.32. The maximum Gasteiger partial charge on any atom is 0.451 e. The number of rotatable bonds is 3. The Balaban J connectivity index is 2.54. The first kappa shape index (κ1) is 13.7. The van der Waals surface area contributed by atoms with Crippen LogP contribution >= 0.6 is 11.8 Å². The predicted molar refractivity (Wildman–Crippen MR) is 62.0 cm³/mol. The summed E-state index contributed by atoms with van der Waals surface area (Å²) in [4.78, 5) is 20.0. The number of aryl methyl sites for hydroxylation is 1. The maximum absolute atomic E-state index is 12.6. The van der Waals surface area contributed by atoms with Crippen molar-refractivity contribution in [2.45, 2.75) is 18.1 Å². The van der Waals surface area contributed by atoms with Gasteiger partial charge in [0, 0.05) is 5.69 Å². The highest BCUT2D eigenvalue weighted by Gasteiger charge is 2.35. The third-order valence-corrected chi connectivity index (χ3v) is 3.15. The number of carbonyl (C=O) groups is 1. The smallest absolute Gasteiger partial charge is 0.451 e. The molecular formula is C10H8F3N3O2S. The standard InChI is InChI=1S/C10H8F3N3O2S/c1-4-2-5-7(14-4)15-9(10(11,12)13)16-8(5)19-3-6(17)18/h2H,3H2,1H3,(H,17,18)(H,14,15,16). The summed E-state index contributed by atoms with van der Waals surface area (Å²) < 4.78 is 37.9. The normalized spacial score (nSPS) is 12.0. The minimum atomic E-state index is -4.67. The Labute approximate surface area is 109 Å². The van der Waals surface area contributed by atoms with Gasteiger partial charge in [-0.2, -0.15) is 13.2 Å². The minimum absolute atomic E-state index is 0.00377. The van der Waals surface area contributed by atoms with Crippen LogP contribution in [0.1, 0.15) is 11.5 Å². The summed E-state index contributed by atoms with van der Waals surface area (Å²) in [7, 11) is 0. The summed E-state index contributed by atoms with van der Waals surface area (Å²) in [5.41, 5.74) is 0.675. The van der Waals surface area contributed by atoms with Gasteiger partial charge in [-0.1, -0.05) is 11.8 Å². The van der Waals surface area contributed by atoms with Crippen molar-refractivity contribution in [3.05, 3.63) is 17.6 Å². The first-order chi connectivity index (χ1) is 8.77. The van der Waals surface area contributed by atoms with E-state index in [1.54, 1.807) is 13.0 Å². The molecule has 9 heteroatoms. The van der Waals surface area contributed by atoms with Crippen molar-refractivity contribution in [2.75, 3.05) is 5.75 Å². The molecule has 0 unspecified atom stereocenters. The predicted octanol–water partition coefficient (Wildman–Crippen LogP) is 2.46. The largest absolute Gasteiger partial charge is 0.481 e. The molecule has 0 atom stereocenters. The molecule has 2 heterocycles. The summed E-state index contributed by atoms with van der Waals surface area (Å²) in [6.45, 7) is 1.67. The third-order valence-electron chi connectivity index (χ3n) is 2.17. The Kier molecular flexibility index (Phi) is 3.40. The van der Waals surface area contributed by atoms with E-state index in [0.29, 0.717) is 11.1 Å². The number of hydrogen-bond donors (Lipinski definition) is 2. The fraction of sp³-hybridized carbons (Fsp3) is 0.300. The molecule has 2 rings (SSSR count). The van der Waals surface area contributed by atoms with Crippen molar-refractivity contribution in [3.8, 4) is 0 Å². The lowest BCUT2D eigenvalue weighted by molar-refractivity contribution is -0.145. The molecule has 0 aliphatic carbocycles. The Hall–Kier alpha value is -1.77. The number of aromatic nitrogens is 3. The Morgan fingerprint density at radius 1 is 1.47 bits per heavy atom. The lowest BCUT2D eigenvalue weighted by Gasteiger charge is -2.07. The van der Waals surface area contributed by atoms with E-state index in [0.717, 1.165) is 11.8 Å². The number of alkyl halides is 3. The van der Waals surface area contributed by atoms with Crippen LogP contribution in [-0.4, -0.2) is 31.8 Å². The minimum Gasteiger partial charge on any atom is -0.481 e. The summed E-state index contributed by atoms with van der Waals surface area (Å²) >= 11 is 0.731. The highest BCUT2D eigenvalue weighted by atomic mass is 32.2. The average molecular weight is 291 g/mol. The molecule has 0 bridgehead atoms. The van der Waals surface area contributed by atoms with Gasteiger partial charge in [0.1, 0.15) is 10.7 Å². The topological polar surface area (TPSA) is 78.9 Å². The molecule has 2 N–H and O–H groups in total. The molecule has 0 spiro atoms. The number of nitrogens with zero attached hydrogens (tertiary/aromatic N) is 2. The van der Waals surface area contributed by atoms with Crippen LogP contribution < -0.4 is 0 Å². The average Bonchev–Trinajstić information content (AvgIpc) is 2.64. The van der Waals surface area contributed by atoms with E-state index in [4.69, 9.17) is 5.11 Å². The molecule has 5 nitrogen and oxygen atoms in total. The number of carboxylic acid groups (broad SMARTS) is 1. The monoisotopic (exact) mass is 291 g/mol. The summed E-state index contributed by atoms with van der Waals surface area (Å²) in [6, 6.07) is 1.58. The van der Waals surface area contributed by atoms with Gasteiger partial charge in [0.2, 0.25) is 5.82 Å². The van der Waals surface area contributed by atoms with Gasteiger partial charge >= 0.3 is 12.1 Å². The van der Waals surface area contributed by atoms with Crippen molar-refractivity contribution in [1.82, 2.24) is 15.0 Å². The van der Waals surface area contributed by atoms with Gasteiger partial charge in [-0.05, 0) is 13.0 Å². The van der Waals surface area contributed by atoms with Gasteiger partial charge in [-0.25, -0.2) is 9.97 Å². The quantitative estimate of drug-likeness (QED) is 0.671. The van der Waals surface area contributed by atoms with Crippen LogP contribution in [0.5, 0.6) is 0 Å². The van der Waals surface area contributed by atoms with E-state index in [1.807, 2.05) is 0 Å². The van der Waals surface area contributed by atoms with E-state index >= 15 is 0 Å². The number of aromatic amines is 1. The van der Waals surface area contributed by atoms with Gasteiger partial charge in [-0.15, -0.1) is 0 Å². The van der Waals surface area contributed by atoms with E-state index in [1.165, 1.54) is 0 Å². The second kappa shape index (κ2) is 4.72. The number of aliphatic carboxylic acids is 1. The van der Waals surface area contributed by atoms with Gasteiger partial charge in [-0.3, -0.25) is 4.79 Å². The van der Waals surface area contributed by atoms with Gasteiger partial charge in [0.25, 0.3) is 0 Å². The summed E-state index contributed by atoms with van der Waals surface area (Å²) in [5, 5.41) is 8.98. The Morgan fingerprint density at radius 3 is 2.74 bits per heavy atom. The molecule has 0 saturated heterocycles. The zero-order valence-electron chi connectivity index (χ0n) is 9.58. The maximum atomic E-state index is 12.6. The van der Waals surface area contributed by atoms with Crippen molar-refractivity contribution in [3.63, 3.8) is 0 Å². The fourth-order valence-corrected chi connectivity index (χ4v) is 2.20. The Morgan fingerprint density at radius 2 is 2.16 bits per heavy atom. The van der Waals surface area contributed by atoms with Crippen LogP contribution in [0.25, 0.3) is 11.0 Å². The SMILES string of the molecule is Cc1cc2c(SCC(=O)O)nc(C(F)(F)F)nc2[nH]1. The van der Waals surface area contributed by atoms with Crippen LogP contribution in [0.2, 0.25) is 0 Å². The van der Waals surface area contributed by atoms with Crippen LogP contribution in [0.15, 0.2) is 11.1 Å². The van der Waals surface area contributed by atoms with Crippen molar-refractivity contribution >= 4 is 28.8 Å². The van der Waals surface area contributed by atoms with Gasteiger partial charge in [0.15, 0.2) is 0 Å². The molecule has 0 amide bonds. The molecule has 19 heavy (non-hydrogen) atoms. The number of fused-ring (bicyclic) bond motifs is 1. The second-order valence-electron chi connectivity index (χ2n) is 3.75. The first-order valence-corrected chi connectivity index (χ1v) is 6.05. The van der Waals surface area contributed by atoms with E-state index in [9.17, 15) is 18.0 Å². The lowest BCUT2D eigenvalue weighted by atomic mass is 10.4. The molecule has 0 aliphatic rings. The number of halogens is 3. The van der Waals surface area contributed by atoms with E-state index in [2.05, 4.69) is 15.0 Å². The number of carboxylic acids is 1. The summed E-state index contributed by atoms with van der Waals surface area (Å²) in [6.07, 6.45) is -4.67. The fourth-order valence-electron chi connectivity index (χ4n) is 1.48. The van der Waals surface area contributed by atoms with Crippen molar-refractivity contribution < 1.29 is 23.1 Å². The molecule has 0 radical (unpaired) electrons. The van der Waals surface area contributed by atoms with Crippen molar-refractivity contribution in [2.24, 2.45) is 0 Å². The molecule has 0 fully saturated rings. The molecule has 0 aliphatic heterocycles. The van der Waals surface area contributed by atoms with E-state index < -0.39 is 18.0 Å². The third kappa shape index (κ3) is 2.98. The number of nitrogens with one attached hydrogen (secondary N) is 1. The number of hydrogen-bond acceptors (Lipinski definition) is 4. The first-order valence-electron chi connectivity index (χ1n) is 5.06. The molecule has 2 aromatic rings. The van der Waals surface area contributed by atoms with Gasteiger partial charge in [0.05, 0.1) is 11.1 Å². The van der Waals surface area contributed by atoms with Crippen LogP contribution in [0, 0.1) is 6.92 Å². The number of thioether (sulfide) groups is 1. The molecule has 0 aromatic carbocycles. The Bertz CT molecular complexity index is 639.